The van der Waals surface area contributed by atoms with Crippen molar-refractivity contribution < 1.29 is 13.3 Å². The molecule has 120 valence electrons. The van der Waals surface area contributed by atoms with Gasteiger partial charge in [0.25, 0.3) is 5.69 Å². The number of nitrogens with zero attached hydrogens (tertiary/aromatic N) is 2. The first kappa shape index (κ1) is 15.4. The molecule has 1 saturated carbocycles. The first-order chi connectivity index (χ1) is 10.4. The molecule has 0 unspecified atom stereocenters. The van der Waals surface area contributed by atoms with Crippen LogP contribution in [0.3, 0.4) is 0 Å². The topological polar surface area (TPSA) is 107 Å². The van der Waals surface area contributed by atoms with Crippen molar-refractivity contribution in [1.29, 1.82) is 0 Å². The molecule has 0 bridgehead atoms. The minimum absolute atomic E-state index is 0.0656. The molecule has 1 aromatic rings. The number of hydrogen-bond donors (Lipinski definition) is 1. The van der Waals surface area contributed by atoms with Crippen molar-refractivity contribution in [2.24, 2.45) is 17.6 Å². The van der Waals surface area contributed by atoms with Crippen molar-refractivity contribution in [3.8, 4) is 0 Å². The maximum atomic E-state index is 12.7. The number of fused-ring (bicyclic) bond motifs is 1. The summed E-state index contributed by atoms with van der Waals surface area (Å²) in [5, 5.41) is 10.7. The lowest BCUT2D eigenvalue weighted by molar-refractivity contribution is -0.384. The van der Waals surface area contributed by atoms with E-state index in [1.165, 1.54) is 28.6 Å². The molecule has 0 aromatic heterocycles. The number of hydrogen-bond acceptors (Lipinski definition) is 5. The molecule has 2 aliphatic rings. The average molecular weight is 325 g/mol. The predicted octanol–water partition coefficient (Wildman–Crippen LogP) is 1.34. The van der Waals surface area contributed by atoms with Crippen LogP contribution in [0.5, 0.6) is 0 Å². The highest BCUT2D eigenvalue weighted by Crippen LogP contribution is 2.37. The third-order valence-electron chi connectivity index (χ3n) is 4.81. The van der Waals surface area contributed by atoms with E-state index in [4.69, 9.17) is 5.73 Å². The first-order valence-electron chi connectivity index (χ1n) is 7.40. The van der Waals surface area contributed by atoms with Gasteiger partial charge in [0.15, 0.2) is 0 Å². The molecule has 7 nitrogen and oxygen atoms in total. The summed E-state index contributed by atoms with van der Waals surface area (Å²) in [6.45, 7) is 0.947. The fourth-order valence-electron chi connectivity index (χ4n) is 3.56. The lowest BCUT2D eigenvalue weighted by atomic mass is 9.78. The van der Waals surface area contributed by atoms with Crippen LogP contribution in [0.25, 0.3) is 0 Å². The lowest BCUT2D eigenvalue weighted by Crippen LogP contribution is -2.38. The number of nitro benzene ring substituents is 1. The van der Waals surface area contributed by atoms with Crippen LogP contribution in [0.15, 0.2) is 29.2 Å². The summed E-state index contributed by atoms with van der Waals surface area (Å²) in [5.41, 5.74) is 6.01. The summed E-state index contributed by atoms with van der Waals surface area (Å²) in [4.78, 5) is 10.2. The Bertz CT molecular complexity index is 674. The van der Waals surface area contributed by atoms with Crippen molar-refractivity contribution in [2.75, 3.05) is 13.1 Å². The van der Waals surface area contributed by atoms with Crippen LogP contribution in [0.1, 0.15) is 19.3 Å². The van der Waals surface area contributed by atoms with Crippen LogP contribution in [0.4, 0.5) is 5.69 Å². The highest BCUT2D eigenvalue weighted by molar-refractivity contribution is 7.89. The molecular formula is C14H19N3O4S. The molecule has 22 heavy (non-hydrogen) atoms. The van der Waals surface area contributed by atoms with E-state index in [0.29, 0.717) is 19.0 Å². The Labute approximate surface area is 129 Å². The van der Waals surface area contributed by atoms with Gasteiger partial charge >= 0.3 is 0 Å². The molecule has 8 heteroatoms. The van der Waals surface area contributed by atoms with Gasteiger partial charge in [0.1, 0.15) is 0 Å². The van der Waals surface area contributed by atoms with Crippen LogP contribution in [0.2, 0.25) is 0 Å². The largest absolute Gasteiger partial charge is 0.327 e. The third-order valence-corrected chi connectivity index (χ3v) is 6.65. The Kier molecular flexibility index (Phi) is 3.92. The molecule has 3 rings (SSSR count). The molecule has 0 amide bonds. The number of benzene rings is 1. The summed E-state index contributed by atoms with van der Waals surface area (Å²) in [6, 6.07) is 5.12. The summed E-state index contributed by atoms with van der Waals surface area (Å²) < 4.78 is 26.8. The van der Waals surface area contributed by atoms with E-state index in [0.717, 1.165) is 19.3 Å². The van der Waals surface area contributed by atoms with E-state index in [1.54, 1.807) is 0 Å². The van der Waals surface area contributed by atoms with Crippen LogP contribution >= 0.6 is 0 Å². The smallest absolute Gasteiger partial charge is 0.269 e. The van der Waals surface area contributed by atoms with Crippen molar-refractivity contribution in [1.82, 2.24) is 4.31 Å². The fourth-order valence-corrected chi connectivity index (χ4v) is 5.10. The predicted molar refractivity (Wildman–Crippen MR) is 80.7 cm³/mol. The first-order valence-corrected chi connectivity index (χ1v) is 8.84. The maximum absolute atomic E-state index is 12.7. The zero-order chi connectivity index (χ0) is 15.9. The summed E-state index contributed by atoms with van der Waals surface area (Å²) in [7, 11) is -3.61. The standard InChI is InChI=1S/C14H19N3O4S/c15-14-3-1-2-10-8-16(9-13(10)14)22(20,21)12-6-4-11(5-7-12)17(18)19/h4-7,10,13-14H,1-3,8-9,15H2/t10-,13-,14-/m1/s1. The Morgan fingerprint density at radius 1 is 1.18 bits per heavy atom. The molecule has 1 saturated heterocycles. The highest BCUT2D eigenvalue weighted by atomic mass is 32.2. The molecule has 1 aromatic carbocycles. The van der Waals surface area contributed by atoms with Gasteiger partial charge in [-0.15, -0.1) is 0 Å². The van der Waals surface area contributed by atoms with Gasteiger partial charge in [0, 0.05) is 31.3 Å². The Hall–Kier alpha value is -1.51. The van der Waals surface area contributed by atoms with E-state index in [9.17, 15) is 18.5 Å². The summed E-state index contributed by atoms with van der Waals surface area (Å²) in [5.74, 6) is 0.554. The second-order valence-electron chi connectivity index (χ2n) is 6.09. The molecular weight excluding hydrogens is 306 g/mol. The van der Waals surface area contributed by atoms with Crippen molar-refractivity contribution in [3.63, 3.8) is 0 Å². The van der Waals surface area contributed by atoms with Gasteiger partial charge in [-0.25, -0.2) is 8.42 Å². The van der Waals surface area contributed by atoms with Gasteiger partial charge in [-0.1, -0.05) is 6.42 Å². The van der Waals surface area contributed by atoms with E-state index in [1.807, 2.05) is 0 Å². The maximum Gasteiger partial charge on any atom is 0.269 e. The Balaban J connectivity index is 1.83. The summed E-state index contributed by atoms with van der Waals surface area (Å²) in [6.07, 6.45) is 3.02. The summed E-state index contributed by atoms with van der Waals surface area (Å²) >= 11 is 0. The molecule has 0 spiro atoms. The third kappa shape index (κ3) is 2.62. The van der Waals surface area contributed by atoms with Gasteiger partial charge in [0.05, 0.1) is 9.82 Å². The fraction of sp³-hybridized carbons (Fsp3) is 0.571. The second-order valence-corrected chi connectivity index (χ2v) is 8.03. The number of sulfonamides is 1. The van der Waals surface area contributed by atoms with Crippen LogP contribution in [-0.4, -0.2) is 36.8 Å². The zero-order valence-electron chi connectivity index (χ0n) is 12.1. The number of nitro groups is 1. The van der Waals surface area contributed by atoms with Crippen molar-refractivity contribution in [3.05, 3.63) is 34.4 Å². The Morgan fingerprint density at radius 3 is 2.45 bits per heavy atom. The van der Waals surface area contributed by atoms with Gasteiger partial charge in [-0.2, -0.15) is 4.31 Å². The highest BCUT2D eigenvalue weighted by Gasteiger charge is 2.43. The van der Waals surface area contributed by atoms with E-state index in [-0.39, 0.29) is 22.5 Å². The van der Waals surface area contributed by atoms with Gasteiger partial charge < -0.3 is 5.73 Å². The van der Waals surface area contributed by atoms with Crippen molar-refractivity contribution in [2.45, 2.75) is 30.2 Å². The molecule has 1 heterocycles. The zero-order valence-corrected chi connectivity index (χ0v) is 12.9. The van der Waals surface area contributed by atoms with E-state index in [2.05, 4.69) is 0 Å². The minimum atomic E-state index is -3.61. The second kappa shape index (κ2) is 5.60. The monoisotopic (exact) mass is 325 g/mol. The lowest BCUT2D eigenvalue weighted by Gasteiger charge is -2.29. The van der Waals surface area contributed by atoms with E-state index < -0.39 is 14.9 Å². The average Bonchev–Trinajstić information content (AvgIpc) is 2.94. The molecule has 3 atom stereocenters. The van der Waals surface area contributed by atoms with Crippen LogP contribution in [-0.2, 0) is 10.0 Å². The normalized spacial score (nSPS) is 29.2. The quantitative estimate of drug-likeness (QED) is 0.666. The number of rotatable bonds is 3. The van der Waals surface area contributed by atoms with Gasteiger partial charge in [0.2, 0.25) is 10.0 Å². The Morgan fingerprint density at radius 2 is 1.86 bits per heavy atom. The van der Waals surface area contributed by atoms with Gasteiger partial charge in [-0.05, 0) is 36.8 Å². The molecule has 2 N–H and O–H groups in total. The van der Waals surface area contributed by atoms with Crippen LogP contribution < -0.4 is 5.73 Å². The van der Waals surface area contributed by atoms with Crippen LogP contribution in [0, 0.1) is 22.0 Å². The van der Waals surface area contributed by atoms with Crippen molar-refractivity contribution >= 4 is 15.7 Å². The van der Waals surface area contributed by atoms with E-state index >= 15 is 0 Å². The molecule has 2 fully saturated rings. The number of non-ortho nitro benzene ring substituents is 1. The molecule has 0 radical (unpaired) electrons. The SMILES string of the molecule is N[C@@H]1CCC[C@@H]2CN(S(=O)(=O)c3ccc([N+](=O)[O-])cc3)C[C@H]21. The molecule has 1 aliphatic carbocycles. The number of nitrogens with two attached hydrogens (primary N) is 1. The molecule has 1 aliphatic heterocycles. The van der Waals surface area contributed by atoms with Gasteiger partial charge in [-0.3, -0.25) is 10.1 Å². The minimum Gasteiger partial charge on any atom is -0.327 e.